The van der Waals surface area contributed by atoms with Gasteiger partial charge < -0.3 is 4.57 Å². The van der Waals surface area contributed by atoms with Crippen LogP contribution in [0.2, 0.25) is 0 Å². The SMILES string of the molecule is Cn1ccnc1CSc1nc(C2CC2)n(-c2ccccc2)n1. The van der Waals surface area contributed by atoms with Crippen LogP contribution in [0.1, 0.15) is 30.4 Å². The van der Waals surface area contributed by atoms with Gasteiger partial charge in [-0.15, -0.1) is 5.10 Å². The molecule has 22 heavy (non-hydrogen) atoms. The summed E-state index contributed by atoms with van der Waals surface area (Å²) < 4.78 is 4.03. The fourth-order valence-electron chi connectivity index (χ4n) is 2.40. The van der Waals surface area contributed by atoms with Gasteiger partial charge in [0.15, 0.2) is 0 Å². The Morgan fingerprint density at radius 2 is 2.05 bits per heavy atom. The average Bonchev–Trinajstić information content (AvgIpc) is 3.18. The van der Waals surface area contributed by atoms with Crippen LogP contribution in [0.3, 0.4) is 0 Å². The zero-order chi connectivity index (χ0) is 14.9. The van der Waals surface area contributed by atoms with E-state index in [2.05, 4.69) is 17.1 Å². The van der Waals surface area contributed by atoms with Crippen LogP contribution in [0.4, 0.5) is 0 Å². The lowest BCUT2D eigenvalue weighted by atomic mass is 10.3. The number of aryl methyl sites for hydroxylation is 1. The number of rotatable bonds is 5. The van der Waals surface area contributed by atoms with Crippen molar-refractivity contribution in [1.29, 1.82) is 0 Å². The Bertz CT molecular complexity index is 773. The molecule has 0 unspecified atom stereocenters. The van der Waals surface area contributed by atoms with Gasteiger partial charge in [-0.2, -0.15) is 0 Å². The predicted octanol–water partition coefficient (Wildman–Crippen LogP) is 3.17. The summed E-state index contributed by atoms with van der Waals surface area (Å²) in [7, 11) is 2.01. The van der Waals surface area contributed by atoms with E-state index in [-0.39, 0.29) is 0 Å². The smallest absolute Gasteiger partial charge is 0.209 e. The molecule has 1 fully saturated rings. The fraction of sp³-hybridized carbons (Fsp3) is 0.312. The van der Waals surface area contributed by atoms with Crippen molar-refractivity contribution in [2.75, 3.05) is 0 Å². The Labute approximate surface area is 133 Å². The molecule has 0 spiro atoms. The molecular weight excluding hydrogens is 294 g/mol. The highest BCUT2D eigenvalue weighted by molar-refractivity contribution is 7.98. The van der Waals surface area contributed by atoms with Crippen LogP contribution in [0, 0.1) is 0 Å². The highest BCUT2D eigenvalue weighted by atomic mass is 32.2. The van der Waals surface area contributed by atoms with Crippen LogP contribution < -0.4 is 0 Å². The first kappa shape index (κ1) is 13.6. The number of nitrogens with zero attached hydrogens (tertiary/aromatic N) is 5. The molecule has 1 aromatic carbocycles. The minimum absolute atomic E-state index is 0.565. The first-order chi connectivity index (χ1) is 10.8. The lowest BCUT2D eigenvalue weighted by Crippen LogP contribution is -2.01. The average molecular weight is 311 g/mol. The number of benzene rings is 1. The molecule has 0 bridgehead atoms. The van der Waals surface area contributed by atoms with Gasteiger partial charge in [-0.25, -0.2) is 14.6 Å². The Balaban J connectivity index is 1.60. The maximum absolute atomic E-state index is 4.76. The van der Waals surface area contributed by atoms with E-state index in [1.54, 1.807) is 11.8 Å². The van der Waals surface area contributed by atoms with Gasteiger partial charge in [-0.1, -0.05) is 30.0 Å². The summed E-state index contributed by atoms with van der Waals surface area (Å²) in [4.78, 5) is 9.10. The van der Waals surface area contributed by atoms with Gasteiger partial charge in [0.2, 0.25) is 5.16 Å². The van der Waals surface area contributed by atoms with E-state index in [9.17, 15) is 0 Å². The number of thioether (sulfide) groups is 1. The molecule has 1 aliphatic rings. The molecular formula is C16H17N5S. The van der Waals surface area contributed by atoms with E-state index in [1.807, 2.05) is 46.9 Å². The van der Waals surface area contributed by atoms with Crippen molar-refractivity contribution in [3.8, 4) is 5.69 Å². The molecule has 0 aliphatic heterocycles. The quantitative estimate of drug-likeness (QED) is 0.679. The summed E-state index contributed by atoms with van der Waals surface area (Å²) in [5.74, 6) is 3.48. The maximum atomic E-state index is 4.76. The zero-order valence-corrected chi connectivity index (χ0v) is 13.2. The Morgan fingerprint density at radius 3 is 2.73 bits per heavy atom. The third kappa shape index (κ3) is 2.66. The van der Waals surface area contributed by atoms with Crippen molar-refractivity contribution in [2.45, 2.75) is 29.7 Å². The summed E-state index contributed by atoms with van der Waals surface area (Å²) in [6, 6.07) is 10.2. The summed E-state index contributed by atoms with van der Waals surface area (Å²) >= 11 is 1.64. The molecule has 6 heteroatoms. The van der Waals surface area contributed by atoms with E-state index in [1.165, 1.54) is 12.8 Å². The van der Waals surface area contributed by atoms with E-state index in [0.717, 1.165) is 28.2 Å². The second kappa shape index (κ2) is 5.61. The van der Waals surface area contributed by atoms with Gasteiger partial charge in [-0.05, 0) is 25.0 Å². The molecule has 1 saturated carbocycles. The summed E-state index contributed by atoms with van der Waals surface area (Å²) in [5, 5.41) is 5.53. The standard InChI is InChI=1S/C16H17N5S/c1-20-10-9-17-14(20)11-22-16-18-15(12-7-8-12)21(19-16)13-5-3-2-4-6-13/h2-6,9-10,12H,7-8,11H2,1H3. The van der Waals surface area contributed by atoms with E-state index in [4.69, 9.17) is 10.1 Å². The lowest BCUT2D eigenvalue weighted by molar-refractivity contribution is 0.781. The number of aromatic nitrogens is 5. The number of para-hydroxylation sites is 1. The van der Waals surface area contributed by atoms with Crippen molar-refractivity contribution >= 4 is 11.8 Å². The third-order valence-electron chi connectivity index (χ3n) is 3.81. The number of hydrogen-bond acceptors (Lipinski definition) is 4. The van der Waals surface area contributed by atoms with Crippen LogP contribution in [-0.2, 0) is 12.8 Å². The Hall–Kier alpha value is -2.08. The van der Waals surface area contributed by atoms with Gasteiger partial charge in [0.05, 0.1) is 11.4 Å². The molecule has 0 atom stereocenters. The molecule has 0 radical (unpaired) electrons. The molecule has 4 rings (SSSR count). The van der Waals surface area contributed by atoms with E-state index >= 15 is 0 Å². The molecule has 3 aromatic rings. The molecule has 2 aromatic heterocycles. The van der Waals surface area contributed by atoms with Crippen molar-refractivity contribution in [3.05, 3.63) is 54.4 Å². The van der Waals surface area contributed by atoms with Crippen molar-refractivity contribution < 1.29 is 0 Å². The van der Waals surface area contributed by atoms with Gasteiger partial charge in [0.25, 0.3) is 0 Å². The Kier molecular flexibility index (Phi) is 3.46. The maximum Gasteiger partial charge on any atom is 0.209 e. The fourth-order valence-corrected chi connectivity index (χ4v) is 3.23. The van der Waals surface area contributed by atoms with E-state index < -0.39 is 0 Å². The largest absolute Gasteiger partial charge is 0.337 e. The van der Waals surface area contributed by atoms with Crippen LogP contribution in [-0.4, -0.2) is 24.3 Å². The minimum Gasteiger partial charge on any atom is -0.337 e. The van der Waals surface area contributed by atoms with Crippen LogP contribution in [0.5, 0.6) is 0 Å². The van der Waals surface area contributed by atoms with Gasteiger partial charge in [0, 0.05) is 25.4 Å². The van der Waals surface area contributed by atoms with Crippen molar-refractivity contribution in [3.63, 3.8) is 0 Å². The number of hydrogen-bond donors (Lipinski definition) is 0. The summed E-state index contributed by atoms with van der Waals surface area (Å²) in [6.45, 7) is 0. The summed E-state index contributed by atoms with van der Waals surface area (Å²) in [6.07, 6.45) is 6.22. The minimum atomic E-state index is 0.565. The topological polar surface area (TPSA) is 48.5 Å². The second-order valence-corrected chi connectivity index (χ2v) is 6.46. The highest BCUT2D eigenvalue weighted by Crippen LogP contribution is 2.40. The monoisotopic (exact) mass is 311 g/mol. The highest BCUT2D eigenvalue weighted by Gasteiger charge is 2.30. The lowest BCUT2D eigenvalue weighted by Gasteiger charge is -2.03. The normalized spacial score (nSPS) is 14.4. The van der Waals surface area contributed by atoms with Crippen LogP contribution >= 0.6 is 11.8 Å². The van der Waals surface area contributed by atoms with Gasteiger partial charge in [-0.3, -0.25) is 0 Å². The predicted molar refractivity (Wildman–Crippen MR) is 86.1 cm³/mol. The van der Waals surface area contributed by atoms with Crippen molar-refractivity contribution in [1.82, 2.24) is 24.3 Å². The molecule has 1 aliphatic carbocycles. The number of imidazole rings is 1. The Morgan fingerprint density at radius 1 is 1.23 bits per heavy atom. The second-order valence-electron chi connectivity index (χ2n) is 5.52. The summed E-state index contributed by atoms with van der Waals surface area (Å²) in [5.41, 5.74) is 1.08. The van der Waals surface area contributed by atoms with Gasteiger partial charge in [0.1, 0.15) is 11.6 Å². The first-order valence-electron chi connectivity index (χ1n) is 7.42. The molecule has 2 heterocycles. The van der Waals surface area contributed by atoms with Gasteiger partial charge >= 0.3 is 0 Å². The van der Waals surface area contributed by atoms with Crippen LogP contribution in [0.15, 0.2) is 47.9 Å². The van der Waals surface area contributed by atoms with Crippen LogP contribution in [0.25, 0.3) is 5.69 Å². The molecule has 5 nitrogen and oxygen atoms in total. The zero-order valence-electron chi connectivity index (χ0n) is 12.4. The molecule has 112 valence electrons. The molecule has 0 saturated heterocycles. The first-order valence-corrected chi connectivity index (χ1v) is 8.41. The van der Waals surface area contributed by atoms with E-state index in [0.29, 0.717) is 5.92 Å². The molecule has 0 N–H and O–H groups in total. The molecule has 0 amide bonds. The third-order valence-corrected chi connectivity index (χ3v) is 4.64. The van der Waals surface area contributed by atoms with Crippen molar-refractivity contribution in [2.24, 2.45) is 7.05 Å².